The van der Waals surface area contributed by atoms with Crippen molar-refractivity contribution < 1.29 is 14.3 Å². The number of benzene rings is 3. The van der Waals surface area contributed by atoms with Gasteiger partial charge in [0.25, 0.3) is 0 Å². The van der Waals surface area contributed by atoms with Crippen LogP contribution in [0.1, 0.15) is 15.9 Å². The van der Waals surface area contributed by atoms with Crippen molar-refractivity contribution in [2.45, 2.75) is 0 Å². The molecule has 1 heterocycles. The highest BCUT2D eigenvalue weighted by atomic mass is 35.5. The highest BCUT2D eigenvalue weighted by Crippen LogP contribution is 2.23. The van der Waals surface area contributed by atoms with Gasteiger partial charge in [-0.05, 0) is 48.0 Å². The molecule has 0 spiro atoms. The average molecular weight is 444 g/mol. The van der Waals surface area contributed by atoms with Gasteiger partial charge in [-0.1, -0.05) is 59.3 Å². The van der Waals surface area contributed by atoms with Gasteiger partial charge in [-0.3, -0.25) is 4.79 Å². The summed E-state index contributed by atoms with van der Waals surface area (Å²) in [6, 6.07) is 23.6. The van der Waals surface area contributed by atoms with E-state index in [0.29, 0.717) is 10.6 Å². The average Bonchev–Trinajstić information content (AvgIpc) is 3.32. The van der Waals surface area contributed by atoms with Crippen molar-refractivity contribution in [3.63, 3.8) is 0 Å². The Labute approximate surface area is 189 Å². The summed E-state index contributed by atoms with van der Waals surface area (Å²) in [4.78, 5) is 24.3. The molecule has 0 N–H and O–H groups in total. The van der Waals surface area contributed by atoms with Crippen molar-refractivity contribution in [2.75, 3.05) is 6.61 Å². The van der Waals surface area contributed by atoms with E-state index in [9.17, 15) is 9.59 Å². The number of aromatic nitrogens is 3. The number of hydrogen-bond acceptors (Lipinski definition) is 5. The van der Waals surface area contributed by atoms with Crippen LogP contribution < -0.4 is 0 Å². The van der Waals surface area contributed by atoms with Crippen LogP contribution in [0.5, 0.6) is 0 Å². The molecule has 0 aliphatic rings. The Bertz CT molecular complexity index is 1250. The van der Waals surface area contributed by atoms with Gasteiger partial charge >= 0.3 is 5.97 Å². The van der Waals surface area contributed by atoms with Crippen LogP contribution >= 0.6 is 11.6 Å². The van der Waals surface area contributed by atoms with E-state index in [1.54, 1.807) is 53.4 Å². The van der Waals surface area contributed by atoms with Gasteiger partial charge in [0.05, 0.1) is 17.6 Å². The zero-order chi connectivity index (χ0) is 22.3. The first-order valence-electron chi connectivity index (χ1n) is 9.80. The van der Waals surface area contributed by atoms with Crippen molar-refractivity contribution >= 4 is 29.4 Å². The predicted molar refractivity (Wildman–Crippen MR) is 123 cm³/mol. The molecule has 158 valence electrons. The molecular weight excluding hydrogens is 426 g/mol. The molecule has 0 saturated carbocycles. The molecule has 7 heteroatoms. The lowest BCUT2D eigenvalue weighted by molar-refractivity contribution is -0.136. The zero-order valence-corrected chi connectivity index (χ0v) is 17.6. The summed E-state index contributed by atoms with van der Waals surface area (Å²) in [6.45, 7) is -0.337. The molecular formula is C25H18ClN3O3. The molecule has 3 aromatic carbocycles. The number of ether oxygens (including phenoxy) is 1. The zero-order valence-electron chi connectivity index (χ0n) is 16.9. The van der Waals surface area contributed by atoms with Gasteiger partial charge in [0.15, 0.2) is 12.4 Å². The van der Waals surface area contributed by atoms with Crippen molar-refractivity contribution in [1.29, 1.82) is 0 Å². The molecule has 0 aliphatic carbocycles. The molecule has 0 fully saturated rings. The lowest BCUT2D eigenvalue weighted by atomic mass is 10.1. The van der Waals surface area contributed by atoms with E-state index in [1.165, 1.54) is 6.08 Å². The number of carbonyl (C=O) groups is 2. The molecule has 0 unspecified atom stereocenters. The van der Waals surface area contributed by atoms with Gasteiger partial charge < -0.3 is 4.74 Å². The van der Waals surface area contributed by atoms with Gasteiger partial charge in [-0.2, -0.15) is 0 Å². The molecule has 0 saturated heterocycles. The van der Waals surface area contributed by atoms with Crippen LogP contribution in [0.3, 0.4) is 0 Å². The summed E-state index contributed by atoms with van der Waals surface area (Å²) in [6.07, 6.45) is 4.59. The van der Waals surface area contributed by atoms with Crippen LogP contribution in [0.2, 0.25) is 5.02 Å². The monoisotopic (exact) mass is 443 g/mol. The van der Waals surface area contributed by atoms with Crippen molar-refractivity contribution in [2.24, 2.45) is 0 Å². The minimum Gasteiger partial charge on any atom is -0.454 e. The highest BCUT2D eigenvalue weighted by molar-refractivity contribution is 6.30. The fraction of sp³-hybridized carbons (Fsp3) is 0.0400. The Morgan fingerprint density at radius 2 is 1.66 bits per heavy atom. The Hall–Kier alpha value is -4.03. The minimum atomic E-state index is -0.575. The van der Waals surface area contributed by atoms with Gasteiger partial charge in [0.1, 0.15) is 0 Å². The SMILES string of the molecule is O=C(/C=C/c1ccccc1)OCC(=O)c1ccc(-n2nncc2-c2ccc(Cl)cc2)cc1. The first-order valence-corrected chi connectivity index (χ1v) is 10.2. The number of rotatable bonds is 7. The maximum Gasteiger partial charge on any atom is 0.331 e. The maximum absolute atomic E-state index is 12.4. The molecule has 1 aromatic heterocycles. The third-order valence-electron chi connectivity index (χ3n) is 4.68. The summed E-state index contributed by atoms with van der Waals surface area (Å²) in [5.41, 5.74) is 3.75. The fourth-order valence-electron chi connectivity index (χ4n) is 3.03. The van der Waals surface area contributed by atoms with Gasteiger partial charge in [0.2, 0.25) is 0 Å². The van der Waals surface area contributed by atoms with Crippen LogP contribution in [0.25, 0.3) is 23.0 Å². The third kappa shape index (κ3) is 5.17. The Balaban J connectivity index is 1.39. The predicted octanol–water partition coefficient (Wildman–Crippen LogP) is 5.03. The number of Topliss-reactive ketones (excluding diaryl/α,β-unsaturated/α-hetero) is 1. The van der Waals surface area contributed by atoms with Crippen LogP contribution in [0.15, 0.2) is 91.1 Å². The second kappa shape index (κ2) is 9.85. The topological polar surface area (TPSA) is 74.1 Å². The van der Waals surface area contributed by atoms with Crippen LogP contribution in [-0.2, 0) is 9.53 Å². The number of halogens is 1. The summed E-state index contributed by atoms with van der Waals surface area (Å²) in [5, 5.41) is 8.77. The van der Waals surface area contributed by atoms with Crippen LogP contribution in [0.4, 0.5) is 0 Å². The highest BCUT2D eigenvalue weighted by Gasteiger charge is 2.12. The van der Waals surface area contributed by atoms with Gasteiger partial charge in [-0.25, -0.2) is 9.48 Å². The number of esters is 1. The normalized spacial score (nSPS) is 10.9. The second-order valence-corrected chi connectivity index (χ2v) is 7.30. The second-order valence-electron chi connectivity index (χ2n) is 6.86. The van der Waals surface area contributed by atoms with Crippen molar-refractivity contribution in [1.82, 2.24) is 15.0 Å². The van der Waals surface area contributed by atoms with Crippen molar-refractivity contribution in [3.05, 3.63) is 107 Å². The Morgan fingerprint density at radius 3 is 2.38 bits per heavy atom. The summed E-state index contributed by atoms with van der Waals surface area (Å²) in [5.74, 6) is -0.872. The van der Waals surface area contributed by atoms with Gasteiger partial charge in [0, 0.05) is 22.2 Å². The molecule has 6 nitrogen and oxygen atoms in total. The third-order valence-corrected chi connectivity index (χ3v) is 4.93. The minimum absolute atomic E-state index is 0.297. The molecule has 0 atom stereocenters. The summed E-state index contributed by atoms with van der Waals surface area (Å²) in [7, 11) is 0. The Kier molecular flexibility index (Phi) is 6.53. The van der Waals surface area contributed by atoms with E-state index in [-0.39, 0.29) is 12.4 Å². The summed E-state index contributed by atoms with van der Waals surface area (Å²) >= 11 is 5.96. The quantitative estimate of drug-likeness (QED) is 0.227. The molecule has 0 radical (unpaired) electrons. The molecule has 0 aliphatic heterocycles. The first-order chi connectivity index (χ1) is 15.6. The largest absolute Gasteiger partial charge is 0.454 e. The van der Waals surface area contributed by atoms with E-state index < -0.39 is 5.97 Å². The molecule has 32 heavy (non-hydrogen) atoms. The molecule has 0 bridgehead atoms. The molecule has 4 rings (SSSR count). The molecule has 0 amide bonds. The fourth-order valence-corrected chi connectivity index (χ4v) is 3.15. The lowest BCUT2D eigenvalue weighted by Crippen LogP contribution is -2.12. The van der Waals surface area contributed by atoms with Crippen molar-refractivity contribution in [3.8, 4) is 16.9 Å². The van der Waals surface area contributed by atoms with E-state index >= 15 is 0 Å². The summed E-state index contributed by atoms with van der Waals surface area (Å²) < 4.78 is 6.73. The molecule has 4 aromatic rings. The lowest BCUT2D eigenvalue weighted by Gasteiger charge is -2.08. The number of carbonyl (C=O) groups excluding carboxylic acids is 2. The van der Waals surface area contributed by atoms with Crippen LogP contribution in [-0.4, -0.2) is 33.4 Å². The Morgan fingerprint density at radius 1 is 0.938 bits per heavy atom. The number of nitrogens with zero attached hydrogens (tertiary/aromatic N) is 3. The number of hydrogen-bond donors (Lipinski definition) is 0. The van der Waals surface area contributed by atoms with E-state index in [1.807, 2.05) is 42.5 Å². The van der Waals surface area contributed by atoms with E-state index in [2.05, 4.69) is 10.3 Å². The van der Waals surface area contributed by atoms with E-state index in [4.69, 9.17) is 16.3 Å². The first kappa shape index (κ1) is 21.2. The van der Waals surface area contributed by atoms with Gasteiger partial charge in [-0.15, -0.1) is 5.10 Å². The maximum atomic E-state index is 12.4. The smallest absolute Gasteiger partial charge is 0.331 e. The van der Waals surface area contributed by atoms with E-state index in [0.717, 1.165) is 22.5 Å². The number of ketones is 1. The standard InChI is InChI=1S/C25H18ClN3O3/c26-21-11-7-19(8-12-21)23-16-27-28-29(23)22-13-9-20(10-14-22)24(30)17-32-25(31)15-6-18-4-2-1-3-5-18/h1-16H,17H2/b15-6+. The van der Waals surface area contributed by atoms with Crippen LogP contribution in [0, 0.1) is 0 Å².